The summed E-state index contributed by atoms with van der Waals surface area (Å²) in [5, 5.41) is 6.19. The minimum atomic E-state index is -0.479. The van der Waals surface area contributed by atoms with Gasteiger partial charge in [0.2, 0.25) is 0 Å². The summed E-state index contributed by atoms with van der Waals surface area (Å²) in [5.41, 5.74) is 1.54. The number of hydrogen-bond acceptors (Lipinski definition) is 3. The van der Waals surface area contributed by atoms with E-state index in [0.717, 1.165) is 25.2 Å². The summed E-state index contributed by atoms with van der Waals surface area (Å²) in [7, 11) is 0. The van der Waals surface area contributed by atoms with Crippen LogP contribution >= 0.6 is 0 Å². The summed E-state index contributed by atoms with van der Waals surface area (Å²) >= 11 is 0. The summed E-state index contributed by atoms with van der Waals surface area (Å²) in [5.74, 6) is 0. The van der Waals surface area contributed by atoms with Gasteiger partial charge < -0.3 is 10.1 Å². The van der Waals surface area contributed by atoms with E-state index in [1.807, 2.05) is 45.0 Å². The number of benzene rings is 1. The Bertz CT molecular complexity index is 435. The molecule has 0 aromatic heterocycles. The Morgan fingerprint density at radius 1 is 1.09 bits per heavy atom. The van der Waals surface area contributed by atoms with Crippen molar-refractivity contribution in [2.24, 2.45) is 0 Å². The number of hydrogen-bond donors (Lipinski definition) is 2. The second-order valence-electron chi connectivity index (χ2n) is 6.53. The van der Waals surface area contributed by atoms with Crippen LogP contribution < -0.4 is 10.6 Å². The first-order valence-electron chi connectivity index (χ1n) is 8.20. The Hall–Kier alpha value is -1.55. The maximum absolute atomic E-state index is 11.7. The van der Waals surface area contributed by atoms with Gasteiger partial charge >= 0.3 is 6.09 Å². The highest BCUT2D eigenvalue weighted by Gasteiger charge is 2.15. The van der Waals surface area contributed by atoms with E-state index < -0.39 is 11.7 Å². The van der Waals surface area contributed by atoms with E-state index in [0.29, 0.717) is 0 Å². The van der Waals surface area contributed by atoms with Gasteiger partial charge in [0.25, 0.3) is 0 Å². The van der Waals surface area contributed by atoms with E-state index in [1.54, 1.807) is 0 Å². The molecule has 22 heavy (non-hydrogen) atoms. The molecule has 0 atom stereocenters. The van der Waals surface area contributed by atoms with Crippen molar-refractivity contribution < 1.29 is 9.53 Å². The zero-order valence-electron chi connectivity index (χ0n) is 14.4. The van der Waals surface area contributed by atoms with E-state index >= 15 is 0 Å². The number of carbonyl (C=O) groups excluding carboxylic acids is 1. The van der Waals surface area contributed by atoms with E-state index in [9.17, 15) is 4.79 Å². The molecule has 1 aromatic carbocycles. The Kier molecular flexibility index (Phi) is 7.96. The van der Waals surface area contributed by atoms with Gasteiger partial charge in [-0.15, -0.1) is 0 Å². The van der Waals surface area contributed by atoms with E-state index in [1.165, 1.54) is 24.8 Å². The quantitative estimate of drug-likeness (QED) is 0.702. The number of ether oxygens (including phenoxy) is 1. The number of amides is 1. The van der Waals surface area contributed by atoms with Gasteiger partial charge in [-0.05, 0) is 64.4 Å². The number of rotatable bonds is 8. The van der Waals surface area contributed by atoms with Crippen molar-refractivity contribution in [2.45, 2.75) is 59.0 Å². The van der Waals surface area contributed by atoms with Crippen LogP contribution in [0, 0.1) is 0 Å². The van der Waals surface area contributed by atoms with Gasteiger partial charge in [0.05, 0.1) is 0 Å². The van der Waals surface area contributed by atoms with Crippen molar-refractivity contribution in [2.75, 3.05) is 18.4 Å². The van der Waals surface area contributed by atoms with Gasteiger partial charge in [-0.1, -0.05) is 31.9 Å². The summed E-state index contributed by atoms with van der Waals surface area (Å²) < 4.78 is 5.22. The molecule has 0 saturated heterocycles. The molecule has 0 aliphatic carbocycles. The molecule has 0 unspecified atom stereocenters. The third kappa shape index (κ3) is 8.67. The summed E-state index contributed by atoms with van der Waals surface area (Å²) in [6.07, 6.45) is 4.37. The largest absolute Gasteiger partial charge is 0.444 e. The molecule has 2 N–H and O–H groups in total. The van der Waals surface area contributed by atoms with Crippen molar-refractivity contribution >= 4 is 11.8 Å². The fourth-order valence-corrected chi connectivity index (χ4v) is 2.03. The highest BCUT2D eigenvalue weighted by atomic mass is 16.6. The average molecular weight is 306 g/mol. The molecule has 1 rings (SSSR count). The molecule has 0 spiro atoms. The van der Waals surface area contributed by atoms with Crippen LogP contribution in [-0.2, 0) is 11.2 Å². The fourth-order valence-electron chi connectivity index (χ4n) is 2.03. The average Bonchev–Trinajstić information content (AvgIpc) is 2.42. The molecular weight excluding hydrogens is 276 g/mol. The summed E-state index contributed by atoms with van der Waals surface area (Å²) in [6, 6.07) is 7.91. The van der Waals surface area contributed by atoms with Crippen LogP contribution in [-0.4, -0.2) is 24.8 Å². The van der Waals surface area contributed by atoms with E-state index in [2.05, 4.69) is 17.6 Å². The Balaban J connectivity index is 2.29. The molecule has 1 amide bonds. The SMILES string of the molecule is CCCCCNCCc1ccc(NC(=O)OC(C)(C)C)cc1. The number of unbranched alkanes of at least 4 members (excludes halogenated alkanes) is 2. The van der Waals surface area contributed by atoms with Crippen LogP contribution in [0.1, 0.15) is 52.5 Å². The third-order valence-corrected chi connectivity index (χ3v) is 3.15. The van der Waals surface area contributed by atoms with Gasteiger partial charge in [-0.2, -0.15) is 0 Å². The molecule has 4 heteroatoms. The van der Waals surface area contributed by atoms with E-state index in [4.69, 9.17) is 4.74 Å². The standard InChI is InChI=1S/C18H30N2O2/c1-5-6-7-13-19-14-12-15-8-10-16(11-9-15)20-17(21)22-18(2,3)4/h8-11,19H,5-7,12-14H2,1-4H3,(H,20,21). The topological polar surface area (TPSA) is 50.4 Å². The third-order valence-electron chi connectivity index (χ3n) is 3.15. The highest BCUT2D eigenvalue weighted by Crippen LogP contribution is 2.13. The Labute approximate surface area is 134 Å². The van der Waals surface area contributed by atoms with Gasteiger partial charge in [0, 0.05) is 5.69 Å². The second-order valence-corrected chi connectivity index (χ2v) is 6.53. The molecule has 0 heterocycles. The Morgan fingerprint density at radius 3 is 2.36 bits per heavy atom. The van der Waals surface area contributed by atoms with Crippen molar-refractivity contribution in [3.05, 3.63) is 29.8 Å². The monoisotopic (exact) mass is 306 g/mol. The molecule has 4 nitrogen and oxygen atoms in total. The van der Waals surface area contributed by atoms with E-state index in [-0.39, 0.29) is 0 Å². The number of carbonyl (C=O) groups is 1. The molecule has 0 fully saturated rings. The maximum Gasteiger partial charge on any atom is 0.412 e. The van der Waals surface area contributed by atoms with Crippen LogP contribution in [0.3, 0.4) is 0 Å². The van der Waals surface area contributed by atoms with Gasteiger partial charge in [-0.3, -0.25) is 5.32 Å². The highest BCUT2D eigenvalue weighted by molar-refractivity contribution is 5.84. The minimum Gasteiger partial charge on any atom is -0.444 e. The van der Waals surface area contributed by atoms with Gasteiger partial charge in [-0.25, -0.2) is 4.79 Å². The lowest BCUT2D eigenvalue weighted by atomic mass is 10.1. The molecule has 0 saturated carbocycles. The van der Waals surface area contributed by atoms with Crippen LogP contribution in [0.5, 0.6) is 0 Å². The summed E-state index contributed by atoms with van der Waals surface area (Å²) in [4.78, 5) is 11.7. The fraction of sp³-hybridized carbons (Fsp3) is 0.611. The van der Waals surface area contributed by atoms with Gasteiger partial charge in [0.15, 0.2) is 0 Å². The van der Waals surface area contributed by atoms with Crippen LogP contribution in [0.25, 0.3) is 0 Å². The van der Waals surface area contributed by atoms with Crippen molar-refractivity contribution in [1.82, 2.24) is 5.32 Å². The normalized spacial score (nSPS) is 11.3. The zero-order chi connectivity index (χ0) is 16.4. The Morgan fingerprint density at radius 2 is 1.77 bits per heavy atom. The van der Waals surface area contributed by atoms with Crippen LogP contribution in [0.2, 0.25) is 0 Å². The molecule has 0 bridgehead atoms. The molecule has 0 radical (unpaired) electrons. The van der Waals surface area contributed by atoms with Crippen molar-refractivity contribution in [1.29, 1.82) is 0 Å². The first-order chi connectivity index (χ1) is 10.4. The van der Waals surface area contributed by atoms with Crippen LogP contribution in [0.15, 0.2) is 24.3 Å². The minimum absolute atomic E-state index is 0.419. The molecule has 0 aliphatic heterocycles. The number of anilines is 1. The lowest BCUT2D eigenvalue weighted by Crippen LogP contribution is -2.27. The summed E-state index contributed by atoms with van der Waals surface area (Å²) in [6.45, 7) is 9.84. The molecular formula is C18H30N2O2. The predicted molar refractivity (Wildman–Crippen MR) is 92.4 cm³/mol. The van der Waals surface area contributed by atoms with Crippen LogP contribution in [0.4, 0.5) is 10.5 Å². The predicted octanol–water partition coefficient (Wildman–Crippen LogP) is 4.36. The second kappa shape index (κ2) is 9.46. The van der Waals surface area contributed by atoms with Crippen molar-refractivity contribution in [3.63, 3.8) is 0 Å². The smallest absolute Gasteiger partial charge is 0.412 e. The molecule has 1 aromatic rings. The first-order valence-corrected chi connectivity index (χ1v) is 8.20. The lowest BCUT2D eigenvalue weighted by Gasteiger charge is -2.19. The maximum atomic E-state index is 11.7. The van der Waals surface area contributed by atoms with Crippen molar-refractivity contribution in [3.8, 4) is 0 Å². The zero-order valence-corrected chi connectivity index (χ0v) is 14.4. The molecule has 0 aliphatic rings. The van der Waals surface area contributed by atoms with Gasteiger partial charge in [0.1, 0.15) is 5.60 Å². The number of nitrogens with one attached hydrogen (secondary N) is 2. The molecule has 124 valence electrons. The lowest BCUT2D eigenvalue weighted by molar-refractivity contribution is 0.0636. The first kappa shape index (κ1) is 18.5.